The molecule has 0 fully saturated rings. The van der Waals surface area contributed by atoms with E-state index in [4.69, 9.17) is 0 Å². The van der Waals surface area contributed by atoms with Crippen LogP contribution in [0.5, 0.6) is 0 Å². The summed E-state index contributed by atoms with van der Waals surface area (Å²) in [5, 5.41) is 14.1. The van der Waals surface area contributed by atoms with E-state index in [1.165, 1.54) is 6.92 Å². The van der Waals surface area contributed by atoms with Crippen LogP contribution in [0, 0.1) is 0 Å². The largest absolute Gasteiger partial charge is 0.476 e. The van der Waals surface area contributed by atoms with Crippen LogP contribution in [0.25, 0.3) is 10.6 Å². The van der Waals surface area contributed by atoms with Gasteiger partial charge in [0.15, 0.2) is 11.5 Å². The predicted octanol–water partition coefficient (Wildman–Crippen LogP) is 2.74. The molecule has 0 radical (unpaired) electrons. The Morgan fingerprint density at radius 2 is 1.95 bits per heavy atom. The molecule has 0 aliphatic rings. The highest BCUT2D eigenvalue weighted by Crippen LogP contribution is 2.35. The molecule has 2 aromatic heterocycles. The number of carbonyl (C=O) groups excluding carboxylic acids is 1. The number of ketones is 1. The van der Waals surface area contributed by atoms with Gasteiger partial charge in [-0.2, -0.15) is 5.10 Å². The van der Waals surface area contributed by atoms with Gasteiger partial charge in [-0.15, -0.1) is 11.3 Å². The summed E-state index contributed by atoms with van der Waals surface area (Å²) >= 11 is 1.10. The van der Waals surface area contributed by atoms with Crippen molar-refractivity contribution in [3.05, 3.63) is 22.5 Å². The maximum absolute atomic E-state index is 11.6. The number of carboxylic acids is 1. The molecule has 2 heterocycles. The van der Waals surface area contributed by atoms with Gasteiger partial charge in [-0.1, -0.05) is 20.8 Å². The van der Waals surface area contributed by atoms with E-state index < -0.39 is 5.97 Å². The molecular weight excluding hydrogens is 290 g/mol. The lowest BCUT2D eigenvalue weighted by Crippen LogP contribution is -2.13. The molecule has 1 N–H and O–H groups in total. The lowest BCUT2D eigenvalue weighted by molar-refractivity contribution is 0.0687. The highest BCUT2D eigenvalue weighted by atomic mass is 32.1. The molecule has 2 rings (SSSR count). The summed E-state index contributed by atoms with van der Waals surface area (Å²) in [5.41, 5.74) is 1.20. The van der Waals surface area contributed by atoms with E-state index in [1.807, 2.05) is 20.8 Å². The first-order valence-corrected chi connectivity index (χ1v) is 7.22. The minimum atomic E-state index is -1.19. The maximum Gasteiger partial charge on any atom is 0.356 e. The van der Waals surface area contributed by atoms with Crippen LogP contribution in [0.15, 0.2) is 6.20 Å². The van der Waals surface area contributed by atoms with Gasteiger partial charge < -0.3 is 5.11 Å². The minimum absolute atomic E-state index is 0.168. The third-order valence-electron chi connectivity index (χ3n) is 2.92. The fraction of sp³-hybridized carbons (Fsp3) is 0.429. The Labute approximate surface area is 126 Å². The number of carboxylic acid groups (broad SMARTS) is 1. The zero-order valence-electron chi connectivity index (χ0n) is 12.6. The van der Waals surface area contributed by atoms with Crippen molar-refractivity contribution in [2.24, 2.45) is 7.05 Å². The Morgan fingerprint density at radius 3 is 2.38 bits per heavy atom. The summed E-state index contributed by atoms with van der Waals surface area (Å²) in [6.07, 6.45) is 1.80. The molecule has 0 aromatic carbocycles. The maximum atomic E-state index is 11.6. The van der Waals surface area contributed by atoms with Gasteiger partial charge in [0.05, 0.1) is 11.3 Å². The molecule has 6 nitrogen and oxygen atoms in total. The SMILES string of the molecule is CC(=O)c1sc(-c2cn(C)nc2C(C)(C)C)nc1C(=O)O. The van der Waals surface area contributed by atoms with Crippen LogP contribution < -0.4 is 0 Å². The lowest BCUT2D eigenvalue weighted by atomic mass is 9.90. The molecule has 0 unspecified atom stereocenters. The van der Waals surface area contributed by atoms with E-state index in [9.17, 15) is 14.7 Å². The topological polar surface area (TPSA) is 85.1 Å². The number of thiazole rings is 1. The fourth-order valence-corrected chi connectivity index (χ4v) is 2.98. The number of aromatic carboxylic acids is 1. The monoisotopic (exact) mass is 307 g/mol. The Bertz CT molecular complexity index is 691. The Kier molecular flexibility index (Phi) is 3.71. The quantitative estimate of drug-likeness (QED) is 0.881. The number of aryl methyl sites for hydroxylation is 1. The van der Waals surface area contributed by atoms with Gasteiger partial charge in [-0.05, 0) is 0 Å². The Balaban J connectivity index is 2.66. The van der Waals surface area contributed by atoms with E-state index in [0.29, 0.717) is 5.01 Å². The number of rotatable bonds is 3. The number of hydrogen-bond acceptors (Lipinski definition) is 5. The summed E-state index contributed by atoms with van der Waals surface area (Å²) in [7, 11) is 1.80. The van der Waals surface area contributed by atoms with Gasteiger partial charge in [0.25, 0.3) is 0 Å². The van der Waals surface area contributed by atoms with Crippen molar-refractivity contribution in [3.63, 3.8) is 0 Å². The Hall–Kier alpha value is -2.02. The highest BCUT2D eigenvalue weighted by molar-refractivity contribution is 7.17. The third-order valence-corrected chi connectivity index (χ3v) is 4.11. The zero-order chi connectivity index (χ0) is 15.9. The second-order valence-corrected chi connectivity index (χ2v) is 6.87. The Morgan fingerprint density at radius 1 is 1.33 bits per heavy atom. The smallest absolute Gasteiger partial charge is 0.356 e. The van der Waals surface area contributed by atoms with Crippen molar-refractivity contribution in [3.8, 4) is 10.6 Å². The van der Waals surface area contributed by atoms with Crippen molar-refractivity contribution >= 4 is 23.1 Å². The average molecular weight is 307 g/mol. The number of hydrogen-bond donors (Lipinski definition) is 1. The average Bonchev–Trinajstić information content (AvgIpc) is 2.90. The molecule has 21 heavy (non-hydrogen) atoms. The number of aromatic nitrogens is 3. The van der Waals surface area contributed by atoms with Crippen LogP contribution in [0.4, 0.5) is 0 Å². The molecule has 0 amide bonds. The second kappa shape index (κ2) is 5.07. The minimum Gasteiger partial charge on any atom is -0.476 e. The van der Waals surface area contributed by atoms with Crippen LogP contribution in [-0.4, -0.2) is 31.6 Å². The normalized spacial score (nSPS) is 11.7. The van der Waals surface area contributed by atoms with Crippen molar-refractivity contribution in [1.29, 1.82) is 0 Å². The molecule has 0 saturated carbocycles. The van der Waals surface area contributed by atoms with E-state index in [0.717, 1.165) is 22.6 Å². The molecule has 112 valence electrons. The van der Waals surface area contributed by atoms with Crippen molar-refractivity contribution < 1.29 is 14.7 Å². The summed E-state index contributed by atoms with van der Waals surface area (Å²) in [5.74, 6) is -1.48. The number of carbonyl (C=O) groups is 2. The second-order valence-electron chi connectivity index (χ2n) is 5.87. The predicted molar refractivity (Wildman–Crippen MR) is 80.0 cm³/mol. The van der Waals surface area contributed by atoms with E-state index >= 15 is 0 Å². The molecule has 0 aliphatic heterocycles. The lowest BCUT2D eigenvalue weighted by Gasteiger charge is -2.16. The van der Waals surface area contributed by atoms with Gasteiger partial charge in [0, 0.05) is 25.6 Å². The zero-order valence-corrected chi connectivity index (χ0v) is 13.4. The first-order chi connectivity index (χ1) is 9.61. The molecule has 0 spiro atoms. The van der Waals surface area contributed by atoms with Gasteiger partial charge >= 0.3 is 5.97 Å². The fourth-order valence-electron chi connectivity index (χ4n) is 2.02. The van der Waals surface area contributed by atoms with Crippen molar-refractivity contribution in [2.45, 2.75) is 33.1 Å². The van der Waals surface area contributed by atoms with Gasteiger partial charge in [0.1, 0.15) is 9.88 Å². The third kappa shape index (κ3) is 2.87. The molecular formula is C14H17N3O3S. The van der Waals surface area contributed by atoms with Gasteiger partial charge in [-0.3, -0.25) is 9.48 Å². The van der Waals surface area contributed by atoms with Gasteiger partial charge in [0.2, 0.25) is 0 Å². The molecule has 0 aliphatic carbocycles. The number of nitrogens with zero attached hydrogens (tertiary/aromatic N) is 3. The molecule has 0 bridgehead atoms. The van der Waals surface area contributed by atoms with E-state index in [1.54, 1.807) is 17.9 Å². The van der Waals surface area contributed by atoms with E-state index in [2.05, 4.69) is 10.1 Å². The summed E-state index contributed by atoms with van der Waals surface area (Å²) in [6, 6.07) is 0. The molecule has 0 atom stereocenters. The van der Waals surface area contributed by atoms with Crippen LogP contribution in [0.3, 0.4) is 0 Å². The van der Waals surface area contributed by atoms with E-state index in [-0.39, 0.29) is 21.8 Å². The molecule has 0 saturated heterocycles. The highest BCUT2D eigenvalue weighted by Gasteiger charge is 2.27. The van der Waals surface area contributed by atoms with Crippen LogP contribution in [-0.2, 0) is 12.5 Å². The van der Waals surface area contributed by atoms with Crippen LogP contribution in [0.1, 0.15) is 53.5 Å². The van der Waals surface area contributed by atoms with Crippen molar-refractivity contribution in [2.75, 3.05) is 0 Å². The standard InChI is InChI=1S/C14H17N3O3S/c1-7(18)10-9(13(19)20)15-12(21-10)8-6-17(5)16-11(8)14(2,3)4/h6H,1-5H3,(H,19,20). The summed E-state index contributed by atoms with van der Waals surface area (Å²) in [6.45, 7) is 7.42. The molecule has 2 aromatic rings. The summed E-state index contributed by atoms with van der Waals surface area (Å²) < 4.78 is 1.67. The first kappa shape index (κ1) is 15.4. The van der Waals surface area contributed by atoms with Gasteiger partial charge in [-0.25, -0.2) is 9.78 Å². The van der Waals surface area contributed by atoms with Crippen molar-refractivity contribution in [1.82, 2.24) is 14.8 Å². The van der Waals surface area contributed by atoms with Crippen LogP contribution >= 0.6 is 11.3 Å². The summed E-state index contributed by atoms with van der Waals surface area (Å²) in [4.78, 5) is 27.1. The number of Topliss-reactive ketones (excluding diaryl/α,β-unsaturated/α-hetero) is 1. The first-order valence-electron chi connectivity index (χ1n) is 6.41. The van der Waals surface area contributed by atoms with Crippen LogP contribution in [0.2, 0.25) is 0 Å². The molecule has 7 heteroatoms.